The van der Waals surface area contributed by atoms with Crippen LogP contribution in [0.25, 0.3) is 5.69 Å². The average molecular weight is 244 g/mol. The average Bonchev–Trinajstić information content (AvgIpc) is 2.70. The SMILES string of the molecule is Cc1nc(CN)nn1-c1ccc(C(C)(C)C)cc1. The molecule has 2 aromatic rings. The standard InChI is InChI=1S/C14H20N4/c1-10-16-13(9-15)17-18(10)12-7-5-11(6-8-12)14(2,3)4/h5-8H,9,15H2,1-4H3. The second-order valence-corrected chi connectivity index (χ2v) is 5.49. The zero-order valence-corrected chi connectivity index (χ0v) is 11.4. The lowest BCUT2D eigenvalue weighted by atomic mass is 9.87. The van der Waals surface area contributed by atoms with Gasteiger partial charge < -0.3 is 5.73 Å². The Morgan fingerprint density at radius 1 is 1.17 bits per heavy atom. The number of aryl methyl sites for hydroxylation is 1. The zero-order valence-electron chi connectivity index (χ0n) is 11.4. The van der Waals surface area contributed by atoms with Crippen LogP contribution in [-0.4, -0.2) is 14.8 Å². The summed E-state index contributed by atoms with van der Waals surface area (Å²) in [5.41, 5.74) is 8.05. The van der Waals surface area contributed by atoms with Crippen LogP contribution in [0.1, 0.15) is 38.0 Å². The van der Waals surface area contributed by atoms with E-state index in [1.807, 2.05) is 11.6 Å². The Bertz CT molecular complexity index is 532. The van der Waals surface area contributed by atoms with Gasteiger partial charge in [-0.2, -0.15) is 0 Å². The van der Waals surface area contributed by atoms with E-state index in [4.69, 9.17) is 5.73 Å². The normalized spacial score (nSPS) is 11.8. The van der Waals surface area contributed by atoms with E-state index >= 15 is 0 Å². The van der Waals surface area contributed by atoms with Crippen molar-refractivity contribution in [3.05, 3.63) is 41.5 Å². The first-order chi connectivity index (χ1) is 8.41. The van der Waals surface area contributed by atoms with E-state index in [0.29, 0.717) is 12.4 Å². The summed E-state index contributed by atoms with van der Waals surface area (Å²) in [7, 11) is 0. The van der Waals surface area contributed by atoms with Gasteiger partial charge in [0.1, 0.15) is 5.82 Å². The molecule has 0 saturated carbocycles. The molecule has 0 aliphatic carbocycles. The van der Waals surface area contributed by atoms with Gasteiger partial charge in [0.25, 0.3) is 0 Å². The van der Waals surface area contributed by atoms with Crippen molar-refractivity contribution in [3.8, 4) is 5.69 Å². The van der Waals surface area contributed by atoms with Gasteiger partial charge in [-0.1, -0.05) is 32.9 Å². The van der Waals surface area contributed by atoms with Gasteiger partial charge in [-0.3, -0.25) is 0 Å². The summed E-state index contributed by atoms with van der Waals surface area (Å²) >= 11 is 0. The largest absolute Gasteiger partial charge is 0.324 e. The molecule has 96 valence electrons. The van der Waals surface area contributed by atoms with E-state index in [1.54, 1.807) is 0 Å². The second kappa shape index (κ2) is 4.53. The number of hydrogen-bond donors (Lipinski definition) is 1. The Balaban J connectivity index is 2.37. The molecule has 4 heteroatoms. The van der Waals surface area contributed by atoms with Crippen molar-refractivity contribution in [2.45, 2.75) is 39.7 Å². The first-order valence-corrected chi connectivity index (χ1v) is 6.15. The summed E-state index contributed by atoms with van der Waals surface area (Å²) < 4.78 is 1.83. The van der Waals surface area contributed by atoms with Crippen molar-refractivity contribution >= 4 is 0 Å². The summed E-state index contributed by atoms with van der Waals surface area (Å²) in [4.78, 5) is 4.30. The molecule has 0 radical (unpaired) electrons. The molecule has 0 saturated heterocycles. The molecule has 2 N–H and O–H groups in total. The van der Waals surface area contributed by atoms with Crippen molar-refractivity contribution in [1.82, 2.24) is 14.8 Å². The minimum absolute atomic E-state index is 0.165. The summed E-state index contributed by atoms with van der Waals surface area (Å²) in [5, 5.41) is 4.37. The van der Waals surface area contributed by atoms with Gasteiger partial charge in [0.2, 0.25) is 0 Å². The third-order valence-electron chi connectivity index (χ3n) is 2.97. The van der Waals surface area contributed by atoms with E-state index in [1.165, 1.54) is 5.56 Å². The fraction of sp³-hybridized carbons (Fsp3) is 0.429. The number of aromatic nitrogens is 3. The minimum atomic E-state index is 0.165. The highest BCUT2D eigenvalue weighted by molar-refractivity contribution is 5.36. The molecule has 1 aromatic carbocycles. The molecule has 0 bridgehead atoms. The predicted molar refractivity (Wildman–Crippen MR) is 72.7 cm³/mol. The minimum Gasteiger partial charge on any atom is -0.324 e. The van der Waals surface area contributed by atoms with Crippen LogP contribution in [0, 0.1) is 6.92 Å². The predicted octanol–water partition coefficient (Wildman–Crippen LogP) is 2.33. The zero-order chi connectivity index (χ0) is 13.3. The first kappa shape index (κ1) is 12.8. The monoisotopic (exact) mass is 244 g/mol. The fourth-order valence-corrected chi connectivity index (χ4v) is 1.88. The number of benzene rings is 1. The highest BCUT2D eigenvalue weighted by Gasteiger charge is 2.14. The molecule has 0 unspecified atom stereocenters. The highest BCUT2D eigenvalue weighted by atomic mass is 15.3. The Morgan fingerprint density at radius 2 is 1.78 bits per heavy atom. The Labute approximate surface area is 108 Å². The van der Waals surface area contributed by atoms with E-state index in [9.17, 15) is 0 Å². The van der Waals surface area contributed by atoms with Crippen LogP contribution in [0.4, 0.5) is 0 Å². The maximum atomic E-state index is 5.55. The number of hydrogen-bond acceptors (Lipinski definition) is 3. The highest BCUT2D eigenvalue weighted by Crippen LogP contribution is 2.23. The van der Waals surface area contributed by atoms with Crippen molar-refractivity contribution in [3.63, 3.8) is 0 Å². The van der Waals surface area contributed by atoms with E-state index < -0.39 is 0 Å². The van der Waals surface area contributed by atoms with Crippen LogP contribution in [-0.2, 0) is 12.0 Å². The van der Waals surface area contributed by atoms with Gasteiger partial charge in [-0.05, 0) is 30.0 Å². The maximum Gasteiger partial charge on any atom is 0.164 e. The van der Waals surface area contributed by atoms with E-state index in [0.717, 1.165) is 11.5 Å². The molecule has 1 aromatic heterocycles. The Hall–Kier alpha value is -1.68. The summed E-state index contributed by atoms with van der Waals surface area (Å²) in [5.74, 6) is 1.53. The topological polar surface area (TPSA) is 56.7 Å². The van der Waals surface area contributed by atoms with E-state index in [2.05, 4.69) is 55.1 Å². The number of nitrogens with zero attached hydrogens (tertiary/aromatic N) is 3. The van der Waals surface area contributed by atoms with Gasteiger partial charge in [-0.15, -0.1) is 5.10 Å². The summed E-state index contributed by atoms with van der Waals surface area (Å²) in [6.45, 7) is 8.91. The van der Waals surface area contributed by atoms with Crippen molar-refractivity contribution in [2.75, 3.05) is 0 Å². The van der Waals surface area contributed by atoms with Crippen LogP contribution in [0.5, 0.6) is 0 Å². The van der Waals surface area contributed by atoms with Gasteiger partial charge >= 0.3 is 0 Å². The molecule has 0 fully saturated rings. The summed E-state index contributed by atoms with van der Waals surface area (Å²) in [6.07, 6.45) is 0. The lowest BCUT2D eigenvalue weighted by molar-refractivity contribution is 0.590. The smallest absolute Gasteiger partial charge is 0.164 e. The van der Waals surface area contributed by atoms with Crippen LogP contribution in [0.3, 0.4) is 0 Å². The molecule has 1 heterocycles. The molecule has 2 rings (SSSR count). The van der Waals surface area contributed by atoms with Gasteiger partial charge in [-0.25, -0.2) is 9.67 Å². The molecular weight excluding hydrogens is 224 g/mol. The molecule has 0 spiro atoms. The van der Waals surface area contributed by atoms with Gasteiger partial charge in [0.05, 0.1) is 12.2 Å². The first-order valence-electron chi connectivity index (χ1n) is 6.15. The molecule has 18 heavy (non-hydrogen) atoms. The van der Waals surface area contributed by atoms with Crippen molar-refractivity contribution in [1.29, 1.82) is 0 Å². The van der Waals surface area contributed by atoms with Crippen LogP contribution in [0.2, 0.25) is 0 Å². The molecule has 0 aliphatic heterocycles. The molecule has 0 amide bonds. The van der Waals surface area contributed by atoms with Crippen molar-refractivity contribution in [2.24, 2.45) is 5.73 Å². The molecule has 0 atom stereocenters. The number of rotatable bonds is 2. The van der Waals surface area contributed by atoms with Crippen molar-refractivity contribution < 1.29 is 0 Å². The van der Waals surface area contributed by atoms with E-state index in [-0.39, 0.29) is 5.41 Å². The second-order valence-electron chi connectivity index (χ2n) is 5.49. The Morgan fingerprint density at radius 3 is 2.22 bits per heavy atom. The maximum absolute atomic E-state index is 5.55. The number of nitrogens with two attached hydrogens (primary N) is 1. The lowest BCUT2D eigenvalue weighted by Gasteiger charge is -2.19. The van der Waals surface area contributed by atoms with Crippen LogP contribution >= 0.6 is 0 Å². The summed E-state index contributed by atoms with van der Waals surface area (Å²) in [6, 6.07) is 8.42. The molecule has 4 nitrogen and oxygen atoms in total. The fourth-order valence-electron chi connectivity index (χ4n) is 1.88. The Kier molecular flexibility index (Phi) is 3.22. The van der Waals surface area contributed by atoms with Crippen LogP contribution < -0.4 is 5.73 Å². The van der Waals surface area contributed by atoms with Gasteiger partial charge in [0.15, 0.2) is 5.82 Å². The quantitative estimate of drug-likeness (QED) is 0.882. The third kappa shape index (κ3) is 2.43. The lowest BCUT2D eigenvalue weighted by Crippen LogP contribution is -2.11. The molecule has 0 aliphatic rings. The van der Waals surface area contributed by atoms with Gasteiger partial charge in [0, 0.05) is 0 Å². The van der Waals surface area contributed by atoms with Crippen LogP contribution in [0.15, 0.2) is 24.3 Å². The molecular formula is C14H20N4. The third-order valence-corrected chi connectivity index (χ3v) is 2.97.